The molecule has 0 fully saturated rings. The van der Waals surface area contributed by atoms with E-state index in [2.05, 4.69) is 15.0 Å². The molecule has 2 heterocycles. The van der Waals surface area contributed by atoms with Gasteiger partial charge in [-0.3, -0.25) is 9.59 Å². The lowest BCUT2D eigenvalue weighted by molar-refractivity contribution is 0.0456. The maximum Gasteiger partial charge on any atom is 0.355 e. The fourth-order valence-electron chi connectivity index (χ4n) is 2.35. The predicted octanol–water partition coefficient (Wildman–Crippen LogP) is 2.12. The molecule has 2 N–H and O–H groups in total. The number of hydrogen-bond acceptors (Lipinski definition) is 5. The molecule has 1 aromatic carbocycles. The quantitative estimate of drug-likeness (QED) is 0.564. The summed E-state index contributed by atoms with van der Waals surface area (Å²) in [6.07, 6.45) is 1.44. The lowest BCUT2D eigenvalue weighted by Crippen LogP contribution is -2.15. The predicted molar refractivity (Wildman–Crippen MR) is 87.0 cm³/mol. The van der Waals surface area contributed by atoms with E-state index < -0.39 is 5.97 Å². The number of fused-ring (bicyclic) bond motifs is 1. The second-order valence-corrected chi connectivity index (χ2v) is 5.42. The Hall–Kier alpha value is -3.22. The first-order valence-electron chi connectivity index (χ1n) is 7.30. The molecule has 3 aromatic rings. The number of ether oxygens (including phenoxy) is 1. The zero-order valence-corrected chi connectivity index (χ0v) is 13.2. The number of hydrogen-bond donors (Lipinski definition) is 2. The van der Waals surface area contributed by atoms with E-state index >= 15 is 0 Å². The summed E-state index contributed by atoms with van der Waals surface area (Å²) in [5, 5.41) is 0.487. The van der Waals surface area contributed by atoms with Crippen LogP contribution in [0.15, 0.2) is 35.3 Å². The standard InChI is InChI=1S/C17H15N3O4/c1-9-4-3-5-12-15(9)19-14(20-16(12)22)8-24-17(23)13-6-11(7-18-13)10(2)21/h3-7,18H,8H2,1-2H3,(H,19,20,22). The Labute approximate surface area is 136 Å². The maximum atomic E-state index is 12.1. The number of benzene rings is 1. The van der Waals surface area contributed by atoms with Crippen LogP contribution in [0.3, 0.4) is 0 Å². The smallest absolute Gasteiger partial charge is 0.355 e. The molecule has 2 aromatic heterocycles. The normalized spacial score (nSPS) is 10.8. The van der Waals surface area contributed by atoms with Crippen LogP contribution in [0.1, 0.15) is 39.2 Å². The molecule has 0 saturated heterocycles. The molecule has 0 saturated carbocycles. The minimum atomic E-state index is -0.630. The Balaban J connectivity index is 1.80. The first-order valence-corrected chi connectivity index (χ1v) is 7.30. The Morgan fingerprint density at radius 3 is 2.79 bits per heavy atom. The van der Waals surface area contributed by atoms with Crippen molar-refractivity contribution >= 4 is 22.7 Å². The van der Waals surface area contributed by atoms with E-state index in [1.165, 1.54) is 19.2 Å². The van der Waals surface area contributed by atoms with Gasteiger partial charge in [0.05, 0.1) is 10.9 Å². The van der Waals surface area contributed by atoms with Crippen molar-refractivity contribution in [3.8, 4) is 0 Å². The molecule has 7 heteroatoms. The number of nitrogens with zero attached hydrogens (tertiary/aromatic N) is 1. The minimum absolute atomic E-state index is 0.152. The molecule has 0 atom stereocenters. The Kier molecular flexibility index (Phi) is 3.99. The molecule has 7 nitrogen and oxygen atoms in total. The van der Waals surface area contributed by atoms with Crippen molar-refractivity contribution in [1.82, 2.24) is 15.0 Å². The van der Waals surface area contributed by atoms with E-state index in [-0.39, 0.29) is 29.5 Å². The number of carbonyl (C=O) groups is 2. The van der Waals surface area contributed by atoms with Gasteiger partial charge in [0.1, 0.15) is 18.1 Å². The molecule has 3 rings (SSSR count). The van der Waals surface area contributed by atoms with Crippen molar-refractivity contribution < 1.29 is 14.3 Å². The number of nitrogens with one attached hydrogen (secondary N) is 2. The summed E-state index contributed by atoms with van der Waals surface area (Å²) in [5.41, 5.74) is 1.72. The number of rotatable bonds is 4. The van der Waals surface area contributed by atoms with Gasteiger partial charge >= 0.3 is 5.97 Å². The summed E-state index contributed by atoms with van der Waals surface area (Å²) in [5.74, 6) is -0.523. The average Bonchev–Trinajstić information content (AvgIpc) is 3.04. The van der Waals surface area contributed by atoms with Crippen LogP contribution in [0.25, 0.3) is 10.9 Å². The van der Waals surface area contributed by atoms with Gasteiger partial charge < -0.3 is 14.7 Å². The summed E-state index contributed by atoms with van der Waals surface area (Å²) >= 11 is 0. The van der Waals surface area contributed by atoms with Crippen molar-refractivity contribution in [2.45, 2.75) is 20.5 Å². The van der Waals surface area contributed by atoms with Crippen molar-refractivity contribution in [3.63, 3.8) is 0 Å². The van der Waals surface area contributed by atoms with Crippen LogP contribution in [0.2, 0.25) is 0 Å². The van der Waals surface area contributed by atoms with Crippen LogP contribution in [-0.2, 0) is 11.3 Å². The largest absolute Gasteiger partial charge is 0.453 e. The number of aromatic nitrogens is 3. The molecule has 0 aliphatic carbocycles. The highest BCUT2D eigenvalue weighted by atomic mass is 16.5. The van der Waals surface area contributed by atoms with Gasteiger partial charge in [0, 0.05) is 11.8 Å². The van der Waals surface area contributed by atoms with Crippen molar-refractivity contribution in [3.05, 3.63) is 63.5 Å². The first-order chi connectivity index (χ1) is 11.5. The second kappa shape index (κ2) is 6.11. The molecule has 24 heavy (non-hydrogen) atoms. The van der Waals surface area contributed by atoms with Gasteiger partial charge in [-0.25, -0.2) is 9.78 Å². The molecule has 0 amide bonds. The Bertz CT molecular complexity index is 1000. The van der Waals surface area contributed by atoms with Crippen molar-refractivity contribution in [2.24, 2.45) is 0 Å². The number of aromatic amines is 2. The highest BCUT2D eigenvalue weighted by Gasteiger charge is 2.13. The molecule has 0 spiro atoms. The number of H-pyrrole nitrogens is 2. The number of Topliss-reactive ketones (excluding diaryl/α,β-unsaturated/α-hetero) is 1. The van der Waals surface area contributed by atoms with Crippen LogP contribution in [0.5, 0.6) is 0 Å². The molecule has 0 aliphatic heterocycles. The van der Waals surface area contributed by atoms with Crippen LogP contribution in [0.4, 0.5) is 0 Å². The zero-order chi connectivity index (χ0) is 17.3. The van der Waals surface area contributed by atoms with Crippen LogP contribution >= 0.6 is 0 Å². The minimum Gasteiger partial charge on any atom is -0.453 e. The average molecular weight is 325 g/mol. The molecule has 0 unspecified atom stereocenters. The van der Waals surface area contributed by atoms with Gasteiger partial charge in [-0.15, -0.1) is 0 Å². The Morgan fingerprint density at radius 1 is 1.29 bits per heavy atom. The highest BCUT2D eigenvalue weighted by molar-refractivity contribution is 5.97. The molecule has 0 aliphatic rings. The van der Waals surface area contributed by atoms with Crippen LogP contribution in [0, 0.1) is 6.92 Å². The first kappa shape index (κ1) is 15.7. The van der Waals surface area contributed by atoms with Gasteiger partial charge in [-0.1, -0.05) is 12.1 Å². The van der Waals surface area contributed by atoms with Gasteiger partial charge in [0.25, 0.3) is 5.56 Å². The summed E-state index contributed by atoms with van der Waals surface area (Å²) in [4.78, 5) is 44.9. The van der Waals surface area contributed by atoms with Gasteiger partial charge in [0.2, 0.25) is 0 Å². The molecule has 0 radical (unpaired) electrons. The summed E-state index contributed by atoms with van der Waals surface area (Å²) in [7, 11) is 0. The second-order valence-electron chi connectivity index (χ2n) is 5.42. The monoisotopic (exact) mass is 325 g/mol. The number of aryl methyl sites for hydroxylation is 1. The lowest BCUT2D eigenvalue weighted by atomic mass is 10.1. The van der Waals surface area contributed by atoms with E-state index in [0.717, 1.165) is 5.56 Å². The van der Waals surface area contributed by atoms with Gasteiger partial charge in [-0.05, 0) is 31.5 Å². The molecule has 122 valence electrons. The molecular formula is C17H15N3O4. The van der Waals surface area contributed by atoms with E-state index in [1.54, 1.807) is 12.1 Å². The topological polar surface area (TPSA) is 105 Å². The number of ketones is 1. The van der Waals surface area contributed by atoms with Crippen LogP contribution < -0.4 is 5.56 Å². The third kappa shape index (κ3) is 2.96. The fraction of sp³-hybridized carbons (Fsp3) is 0.176. The summed E-state index contributed by atoms with van der Waals surface area (Å²) in [6.45, 7) is 3.09. The fourth-order valence-corrected chi connectivity index (χ4v) is 2.35. The summed E-state index contributed by atoms with van der Waals surface area (Å²) in [6, 6.07) is 6.75. The van der Waals surface area contributed by atoms with Crippen LogP contribution in [-0.4, -0.2) is 26.7 Å². The third-order valence-electron chi connectivity index (χ3n) is 3.64. The van der Waals surface area contributed by atoms with E-state index in [1.807, 2.05) is 13.0 Å². The molecule has 0 bridgehead atoms. The van der Waals surface area contributed by atoms with E-state index in [4.69, 9.17) is 4.74 Å². The molecular weight excluding hydrogens is 310 g/mol. The maximum absolute atomic E-state index is 12.1. The van der Waals surface area contributed by atoms with E-state index in [0.29, 0.717) is 16.5 Å². The Morgan fingerprint density at radius 2 is 2.08 bits per heavy atom. The van der Waals surface area contributed by atoms with Crippen molar-refractivity contribution in [2.75, 3.05) is 0 Å². The highest BCUT2D eigenvalue weighted by Crippen LogP contribution is 2.12. The van der Waals surface area contributed by atoms with Crippen molar-refractivity contribution in [1.29, 1.82) is 0 Å². The summed E-state index contributed by atoms with van der Waals surface area (Å²) < 4.78 is 5.14. The van der Waals surface area contributed by atoms with Gasteiger partial charge in [0.15, 0.2) is 5.78 Å². The SMILES string of the molecule is CC(=O)c1c[nH]c(C(=O)OCc2nc3c(C)cccc3c(=O)[nH]2)c1. The number of esters is 1. The zero-order valence-electron chi connectivity index (χ0n) is 13.2. The lowest BCUT2D eigenvalue weighted by Gasteiger charge is -2.06. The van der Waals surface area contributed by atoms with Gasteiger partial charge in [-0.2, -0.15) is 0 Å². The number of para-hydroxylation sites is 1. The number of carbonyl (C=O) groups excluding carboxylic acids is 2. The van der Waals surface area contributed by atoms with E-state index in [9.17, 15) is 14.4 Å². The third-order valence-corrected chi connectivity index (χ3v) is 3.64.